The molecule has 2 rings (SSSR count). The smallest absolute Gasteiger partial charge is 0.251 e. The Balaban J connectivity index is 1.81. The number of methoxy groups -OCH3 is 1. The van der Waals surface area contributed by atoms with Gasteiger partial charge in [-0.1, -0.05) is 18.2 Å². The molecule has 2 aromatic rings. The summed E-state index contributed by atoms with van der Waals surface area (Å²) in [4.78, 5) is 23.8. The minimum absolute atomic E-state index is 0.00319. The summed E-state index contributed by atoms with van der Waals surface area (Å²) in [6, 6.07) is 11.7. The number of hydrogen-bond donors (Lipinski definition) is 3. The Morgan fingerprint density at radius 1 is 0.966 bits per heavy atom. The molecule has 0 atom stereocenters. The molecule has 29 heavy (non-hydrogen) atoms. The van der Waals surface area contributed by atoms with Crippen LogP contribution in [0.1, 0.15) is 21.5 Å². The molecule has 0 heterocycles. The molecule has 0 spiro atoms. The van der Waals surface area contributed by atoms with Crippen LogP contribution in [0.4, 0.5) is 0 Å². The van der Waals surface area contributed by atoms with E-state index in [0.29, 0.717) is 5.56 Å². The normalized spacial score (nSPS) is 11.0. The van der Waals surface area contributed by atoms with Gasteiger partial charge in [0.1, 0.15) is 10.6 Å². The fraction of sp³-hybridized carbons (Fsp3) is 0.300. The molecule has 156 valence electrons. The van der Waals surface area contributed by atoms with Crippen molar-refractivity contribution in [2.45, 2.75) is 18.7 Å². The van der Waals surface area contributed by atoms with E-state index in [1.54, 1.807) is 42.5 Å². The van der Waals surface area contributed by atoms with Crippen LogP contribution in [0.5, 0.6) is 5.75 Å². The molecule has 0 bridgehead atoms. The highest BCUT2D eigenvalue weighted by molar-refractivity contribution is 7.89. The minimum atomic E-state index is -3.80. The standard InChI is InChI=1S/C20H25N3O5S/c1-14-11-17(28-3)18(12-15(14)2)29(26,27)23-10-9-21-19(24)13-22-20(25)16-7-5-4-6-8-16/h4-8,11-12,23H,9-10,13H2,1-3H3,(H,21,24)(H,22,25). The van der Waals surface area contributed by atoms with E-state index in [2.05, 4.69) is 15.4 Å². The summed E-state index contributed by atoms with van der Waals surface area (Å²) in [5, 5.41) is 5.05. The number of carbonyl (C=O) groups excluding carboxylic acids is 2. The fourth-order valence-electron chi connectivity index (χ4n) is 2.51. The van der Waals surface area contributed by atoms with E-state index in [1.807, 2.05) is 13.8 Å². The van der Waals surface area contributed by atoms with E-state index < -0.39 is 15.9 Å². The topological polar surface area (TPSA) is 114 Å². The number of hydrogen-bond acceptors (Lipinski definition) is 5. The second-order valence-corrected chi connectivity index (χ2v) is 8.12. The molecule has 9 heteroatoms. The lowest BCUT2D eigenvalue weighted by Gasteiger charge is -2.13. The van der Waals surface area contributed by atoms with E-state index in [9.17, 15) is 18.0 Å². The third kappa shape index (κ3) is 6.30. The summed E-state index contributed by atoms with van der Waals surface area (Å²) in [6.45, 7) is 3.56. The summed E-state index contributed by atoms with van der Waals surface area (Å²) in [5.41, 5.74) is 2.20. The highest BCUT2D eigenvalue weighted by Crippen LogP contribution is 2.26. The number of amides is 2. The summed E-state index contributed by atoms with van der Waals surface area (Å²) in [5.74, 6) is -0.520. The van der Waals surface area contributed by atoms with Crippen molar-refractivity contribution in [2.75, 3.05) is 26.7 Å². The van der Waals surface area contributed by atoms with Crippen molar-refractivity contribution in [2.24, 2.45) is 0 Å². The number of rotatable bonds is 9. The van der Waals surface area contributed by atoms with Crippen molar-refractivity contribution < 1.29 is 22.7 Å². The Labute approximate surface area is 170 Å². The Kier molecular flexibility index (Phi) is 7.74. The van der Waals surface area contributed by atoms with Gasteiger partial charge in [0, 0.05) is 18.7 Å². The average molecular weight is 420 g/mol. The third-order valence-electron chi connectivity index (χ3n) is 4.25. The molecule has 8 nitrogen and oxygen atoms in total. The lowest BCUT2D eigenvalue weighted by molar-refractivity contribution is -0.120. The number of sulfonamides is 1. The van der Waals surface area contributed by atoms with Gasteiger partial charge >= 0.3 is 0 Å². The van der Waals surface area contributed by atoms with Crippen LogP contribution in [0.15, 0.2) is 47.4 Å². The summed E-state index contributed by atoms with van der Waals surface area (Å²) < 4.78 is 32.7. The molecule has 0 aliphatic heterocycles. The Bertz CT molecular complexity index is 975. The van der Waals surface area contributed by atoms with Crippen LogP contribution >= 0.6 is 0 Å². The van der Waals surface area contributed by atoms with Crippen molar-refractivity contribution >= 4 is 21.8 Å². The van der Waals surface area contributed by atoms with Crippen molar-refractivity contribution in [3.05, 3.63) is 59.2 Å². The van der Waals surface area contributed by atoms with Gasteiger partial charge in [0.15, 0.2) is 0 Å². The van der Waals surface area contributed by atoms with Crippen LogP contribution in [0.2, 0.25) is 0 Å². The minimum Gasteiger partial charge on any atom is -0.495 e. The number of nitrogens with one attached hydrogen (secondary N) is 3. The largest absolute Gasteiger partial charge is 0.495 e. The molecule has 0 unspecified atom stereocenters. The first-order valence-corrected chi connectivity index (χ1v) is 10.5. The van der Waals surface area contributed by atoms with Crippen molar-refractivity contribution in [3.63, 3.8) is 0 Å². The first kappa shape index (κ1) is 22.4. The highest BCUT2D eigenvalue weighted by atomic mass is 32.2. The van der Waals surface area contributed by atoms with E-state index in [-0.39, 0.29) is 36.2 Å². The molecular formula is C20H25N3O5S. The maximum absolute atomic E-state index is 12.5. The highest BCUT2D eigenvalue weighted by Gasteiger charge is 2.20. The molecule has 2 aromatic carbocycles. The van der Waals surface area contributed by atoms with Crippen LogP contribution in [-0.2, 0) is 14.8 Å². The van der Waals surface area contributed by atoms with E-state index in [4.69, 9.17) is 4.74 Å². The number of ether oxygens (including phenoxy) is 1. The van der Waals surface area contributed by atoms with Gasteiger partial charge < -0.3 is 15.4 Å². The van der Waals surface area contributed by atoms with Crippen LogP contribution in [-0.4, -0.2) is 47.0 Å². The zero-order valence-electron chi connectivity index (χ0n) is 16.6. The number of benzene rings is 2. The number of carbonyl (C=O) groups is 2. The lowest BCUT2D eigenvalue weighted by atomic mass is 10.1. The molecule has 0 radical (unpaired) electrons. The van der Waals surface area contributed by atoms with E-state index in [1.165, 1.54) is 7.11 Å². The van der Waals surface area contributed by atoms with Crippen molar-refractivity contribution in [1.82, 2.24) is 15.4 Å². The summed E-state index contributed by atoms with van der Waals surface area (Å²) in [6.07, 6.45) is 0. The molecule has 2 amide bonds. The Morgan fingerprint density at radius 3 is 2.28 bits per heavy atom. The first-order valence-electron chi connectivity index (χ1n) is 8.99. The molecule has 0 aliphatic carbocycles. The number of aryl methyl sites for hydroxylation is 2. The summed E-state index contributed by atoms with van der Waals surface area (Å²) >= 11 is 0. The quantitative estimate of drug-likeness (QED) is 0.528. The summed E-state index contributed by atoms with van der Waals surface area (Å²) in [7, 11) is -2.39. The van der Waals surface area contributed by atoms with Crippen LogP contribution in [0.25, 0.3) is 0 Å². The van der Waals surface area contributed by atoms with Gasteiger partial charge in [-0.15, -0.1) is 0 Å². The second kappa shape index (κ2) is 10.0. The average Bonchev–Trinajstić information content (AvgIpc) is 2.71. The molecule has 0 aromatic heterocycles. The van der Waals surface area contributed by atoms with Crippen molar-refractivity contribution in [1.29, 1.82) is 0 Å². The van der Waals surface area contributed by atoms with E-state index in [0.717, 1.165) is 11.1 Å². The molecule has 3 N–H and O–H groups in total. The molecule has 0 saturated carbocycles. The Morgan fingerprint density at radius 2 is 1.62 bits per heavy atom. The van der Waals surface area contributed by atoms with Gasteiger partial charge in [-0.05, 0) is 49.2 Å². The molecule has 0 saturated heterocycles. The third-order valence-corrected chi connectivity index (χ3v) is 5.74. The zero-order valence-corrected chi connectivity index (χ0v) is 17.4. The van der Waals surface area contributed by atoms with Gasteiger partial charge in [-0.3, -0.25) is 9.59 Å². The molecule has 0 aliphatic rings. The van der Waals surface area contributed by atoms with Crippen LogP contribution < -0.4 is 20.1 Å². The Hall–Kier alpha value is -2.91. The second-order valence-electron chi connectivity index (χ2n) is 6.38. The predicted octanol–water partition coefficient (Wildman–Crippen LogP) is 1.14. The first-order chi connectivity index (χ1) is 13.7. The van der Waals surface area contributed by atoms with Gasteiger partial charge in [-0.25, -0.2) is 13.1 Å². The van der Waals surface area contributed by atoms with Crippen LogP contribution in [0.3, 0.4) is 0 Å². The SMILES string of the molecule is COc1cc(C)c(C)cc1S(=O)(=O)NCCNC(=O)CNC(=O)c1ccccc1. The molecule has 0 fully saturated rings. The monoisotopic (exact) mass is 419 g/mol. The predicted molar refractivity (Wildman–Crippen MR) is 109 cm³/mol. The lowest BCUT2D eigenvalue weighted by Crippen LogP contribution is -2.40. The molecular weight excluding hydrogens is 394 g/mol. The van der Waals surface area contributed by atoms with E-state index >= 15 is 0 Å². The van der Waals surface area contributed by atoms with Gasteiger partial charge in [0.2, 0.25) is 15.9 Å². The van der Waals surface area contributed by atoms with Gasteiger partial charge in [-0.2, -0.15) is 0 Å². The zero-order chi connectivity index (χ0) is 21.4. The fourth-order valence-corrected chi connectivity index (χ4v) is 3.78. The van der Waals surface area contributed by atoms with Gasteiger partial charge in [0.25, 0.3) is 5.91 Å². The van der Waals surface area contributed by atoms with Crippen molar-refractivity contribution in [3.8, 4) is 5.75 Å². The van der Waals surface area contributed by atoms with Gasteiger partial charge in [0.05, 0.1) is 13.7 Å². The van der Waals surface area contributed by atoms with Crippen LogP contribution in [0, 0.1) is 13.8 Å². The maximum Gasteiger partial charge on any atom is 0.251 e. The maximum atomic E-state index is 12.5.